The first kappa shape index (κ1) is 28.1. The molecule has 11 nitrogen and oxygen atoms in total. The number of hydrogen-bond acceptors (Lipinski definition) is 8. The molecular weight excluding hydrogens is 499 g/mol. The first-order valence-electron chi connectivity index (χ1n) is 10.8. The summed E-state index contributed by atoms with van der Waals surface area (Å²) >= 11 is 0. The van der Waals surface area contributed by atoms with E-state index in [1.807, 2.05) is 18.2 Å². The van der Waals surface area contributed by atoms with E-state index < -0.39 is 17.1 Å². The van der Waals surface area contributed by atoms with Gasteiger partial charge in [0.1, 0.15) is 23.6 Å². The van der Waals surface area contributed by atoms with Crippen molar-refractivity contribution in [2.75, 3.05) is 31.1 Å². The molecular formula is C22H28Cl2N6O5. The van der Waals surface area contributed by atoms with E-state index in [2.05, 4.69) is 20.5 Å². The summed E-state index contributed by atoms with van der Waals surface area (Å²) in [6.07, 6.45) is 2.68. The standard InChI is InChI=1S/C22H26N6O5.2ClH/c23-21(26-22(29)30)20-18-11-17(3-1-15(18)5-8-24-20)33-13-14-6-9-27(10-7-14)19-4-2-16(12-25-19)28(31)32;;/h1-4,11-12,14,20,24H,5-10,13H2,(H2,23,26)(H,29,30);2*1H. The molecule has 1 aromatic heterocycles. The van der Waals surface area contributed by atoms with Gasteiger partial charge in [0.15, 0.2) is 0 Å². The zero-order valence-corrected chi connectivity index (χ0v) is 20.4. The van der Waals surface area contributed by atoms with Crippen LogP contribution in [0.5, 0.6) is 5.75 Å². The highest BCUT2D eigenvalue weighted by Gasteiger charge is 2.26. The molecule has 1 aromatic carbocycles. The van der Waals surface area contributed by atoms with Gasteiger partial charge in [-0.25, -0.2) is 9.78 Å². The lowest BCUT2D eigenvalue weighted by atomic mass is 9.93. The Balaban J connectivity index is 0.00000216. The summed E-state index contributed by atoms with van der Waals surface area (Å²) in [4.78, 5) is 27.6. The monoisotopic (exact) mass is 526 g/mol. The second kappa shape index (κ2) is 12.5. The molecule has 1 atom stereocenters. The maximum Gasteiger partial charge on any atom is 0.410 e. The van der Waals surface area contributed by atoms with Crippen LogP contribution in [0.3, 0.4) is 0 Å². The Kier molecular flexibility index (Phi) is 10.1. The van der Waals surface area contributed by atoms with Crippen molar-refractivity contribution in [3.63, 3.8) is 0 Å². The lowest BCUT2D eigenvalue weighted by molar-refractivity contribution is -0.385. The first-order valence-corrected chi connectivity index (χ1v) is 10.8. The number of halogens is 2. The number of nitrogens with one attached hydrogen (secondary N) is 3. The quantitative estimate of drug-likeness (QED) is 0.193. The van der Waals surface area contributed by atoms with Crippen LogP contribution in [0.15, 0.2) is 36.5 Å². The Morgan fingerprint density at radius 2 is 2.03 bits per heavy atom. The van der Waals surface area contributed by atoms with Gasteiger partial charge in [0.25, 0.3) is 5.69 Å². The number of piperidine rings is 1. The SMILES string of the molecule is Cl.Cl.N=C(NC(=O)O)C1NCCc2ccc(OCC3CCN(c4ccc([N+](=O)[O-])cn4)CC3)cc21. The molecule has 4 N–H and O–H groups in total. The largest absolute Gasteiger partial charge is 0.493 e. The highest BCUT2D eigenvalue weighted by atomic mass is 35.5. The van der Waals surface area contributed by atoms with Gasteiger partial charge in [-0.2, -0.15) is 0 Å². The van der Waals surface area contributed by atoms with Crippen LogP contribution in [0, 0.1) is 21.4 Å². The lowest BCUT2D eigenvalue weighted by Crippen LogP contribution is -2.42. The summed E-state index contributed by atoms with van der Waals surface area (Å²) < 4.78 is 6.06. The fraction of sp³-hybridized carbons (Fsp3) is 0.409. The number of ether oxygens (including phenoxy) is 1. The van der Waals surface area contributed by atoms with E-state index in [-0.39, 0.29) is 36.3 Å². The zero-order chi connectivity index (χ0) is 23.4. The Labute approximate surface area is 214 Å². The van der Waals surface area contributed by atoms with E-state index in [0.717, 1.165) is 49.3 Å². The van der Waals surface area contributed by atoms with Gasteiger partial charge in [-0.1, -0.05) is 6.07 Å². The topological polar surface area (TPSA) is 154 Å². The van der Waals surface area contributed by atoms with E-state index in [4.69, 9.17) is 15.3 Å². The molecule has 1 saturated heterocycles. The molecule has 2 aliphatic rings. The first-order chi connectivity index (χ1) is 15.9. The average Bonchev–Trinajstić information content (AvgIpc) is 2.82. The fourth-order valence-corrected chi connectivity index (χ4v) is 4.28. The van der Waals surface area contributed by atoms with Gasteiger partial charge in [0.05, 0.1) is 17.6 Å². The van der Waals surface area contributed by atoms with E-state index in [1.54, 1.807) is 6.07 Å². The van der Waals surface area contributed by atoms with Gasteiger partial charge in [-0.05, 0) is 54.5 Å². The number of rotatable bonds is 6. The minimum absolute atomic E-state index is 0. The Bertz CT molecular complexity index is 1050. The number of amidine groups is 1. The number of carboxylic acid groups (broad SMARTS) is 1. The van der Waals surface area contributed by atoms with Crippen LogP contribution in [0.25, 0.3) is 0 Å². The number of aromatic nitrogens is 1. The van der Waals surface area contributed by atoms with Crippen molar-refractivity contribution in [1.82, 2.24) is 15.6 Å². The molecule has 190 valence electrons. The molecule has 0 saturated carbocycles. The summed E-state index contributed by atoms with van der Waals surface area (Å²) in [7, 11) is 0. The van der Waals surface area contributed by atoms with Gasteiger partial charge in [0, 0.05) is 25.7 Å². The van der Waals surface area contributed by atoms with Crippen LogP contribution in [-0.4, -0.2) is 53.2 Å². The second-order valence-electron chi connectivity index (χ2n) is 8.21. The van der Waals surface area contributed by atoms with Gasteiger partial charge in [-0.15, -0.1) is 24.8 Å². The van der Waals surface area contributed by atoms with Crippen molar-refractivity contribution in [2.24, 2.45) is 5.92 Å². The Morgan fingerprint density at radius 3 is 2.66 bits per heavy atom. The molecule has 0 bridgehead atoms. The number of carbonyl (C=O) groups is 1. The fourth-order valence-electron chi connectivity index (χ4n) is 4.28. The summed E-state index contributed by atoms with van der Waals surface area (Å²) in [6.45, 7) is 2.83. The molecule has 1 amide bonds. The molecule has 0 spiro atoms. The Morgan fingerprint density at radius 1 is 1.29 bits per heavy atom. The summed E-state index contributed by atoms with van der Waals surface area (Å²) in [5.74, 6) is 1.71. The smallest absolute Gasteiger partial charge is 0.410 e. The Hall–Kier alpha value is -3.15. The third-order valence-corrected chi connectivity index (χ3v) is 6.07. The molecule has 1 fully saturated rings. The maximum absolute atomic E-state index is 10.9. The number of anilines is 1. The minimum atomic E-state index is -1.25. The van der Waals surface area contributed by atoms with Crippen LogP contribution in [0.4, 0.5) is 16.3 Å². The van der Waals surface area contributed by atoms with Crippen molar-refractivity contribution in [2.45, 2.75) is 25.3 Å². The van der Waals surface area contributed by atoms with E-state index in [1.165, 1.54) is 12.3 Å². The van der Waals surface area contributed by atoms with E-state index in [9.17, 15) is 14.9 Å². The third-order valence-electron chi connectivity index (χ3n) is 6.07. The zero-order valence-electron chi connectivity index (χ0n) is 18.8. The summed E-state index contributed by atoms with van der Waals surface area (Å²) in [6, 6.07) is 8.44. The number of fused-ring (bicyclic) bond motifs is 1. The lowest BCUT2D eigenvalue weighted by Gasteiger charge is -2.32. The minimum Gasteiger partial charge on any atom is -0.493 e. The molecule has 4 rings (SSSR count). The summed E-state index contributed by atoms with van der Waals surface area (Å²) in [5.41, 5.74) is 1.92. The van der Waals surface area contributed by atoms with Gasteiger partial charge >= 0.3 is 6.09 Å². The molecule has 35 heavy (non-hydrogen) atoms. The number of amides is 1. The van der Waals surface area contributed by atoms with Gasteiger partial charge in [-0.3, -0.25) is 20.8 Å². The molecule has 0 aliphatic carbocycles. The van der Waals surface area contributed by atoms with E-state index >= 15 is 0 Å². The average molecular weight is 527 g/mol. The van der Waals surface area contributed by atoms with Crippen LogP contribution in [0.1, 0.15) is 30.0 Å². The number of pyridine rings is 1. The number of hydrogen-bond donors (Lipinski definition) is 4. The molecule has 13 heteroatoms. The predicted molar refractivity (Wildman–Crippen MR) is 136 cm³/mol. The normalized spacial score (nSPS) is 17.3. The third kappa shape index (κ3) is 6.93. The number of benzene rings is 1. The van der Waals surface area contributed by atoms with Crippen molar-refractivity contribution in [3.05, 3.63) is 57.8 Å². The highest BCUT2D eigenvalue weighted by Crippen LogP contribution is 2.29. The van der Waals surface area contributed by atoms with Crippen molar-refractivity contribution < 1.29 is 19.6 Å². The van der Waals surface area contributed by atoms with Gasteiger partial charge in [0.2, 0.25) is 0 Å². The predicted octanol–water partition coefficient (Wildman–Crippen LogP) is 3.56. The molecule has 1 unspecified atom stereocenters. The second-order valence-corrected chi connectivity index (χ2v) is 8.21. The number of nitro groups is 1. The molecule has 2 aromatic rings. The van der Waals surface area contributed by atoms with Crippen molar-refractivity contribution in [3.8, 4) is 5.75 Å². The molecule has 0 radical (unpaired) electrons. The highest BCUT2D eigenvalue weighted by molar-refractivity contribution is 5.97. The molecule has 3 heterocycles. The maximum atomic E-state index is 10.9. The number of nitrogens with zero attached hydrogens (tertiary/aromatic N) is 3. The summed E-state index contributed by atoms with van der Waals surface area (Å²) in [5, 5.41) is 33.1. The molecule has 2 aliphatic heterocycles. The van der Waals surface area contributed by atoms with E-state index in [0.29, 0.717) is 24.8 Å². The van der Waals surface area contributed by atoms with Crippen LogP contribution >= 0.6 is 24.8 Å². The van der Waals surface area contributed by atoms with Crippen LogP contribution in [0.2, 0.25) is 0 Å². The van der Waals surface area contributed by atoms with Crippen LogP contribution in [-0.2, 0) is 6.42 Å². The van der Waals surface area contributed by atoms with Crippen molar-refractivity contribution in [1.29, 1.82) is 5.41 Å². The van der Waals surface area contributed by atoms with Crippen LogP contribution < -0.4 is 20.3 Å². The van der Waals surface area contributed by atoms with Gasteiger partial charge < -0.3 is 20.1 Å². The van der Waals surface area contributed by atoms with Crippen molar-refractivity contribution >= 4 is 48.2 Å².